The van der Waals surface area contributed by atoms with Crippen molar-refractivity contribution in [1.82, 2.24) is 9.80 Å². The topological polar surface area (TPSA) is 40.6 Å². The average Bonchev–Trinajstić information content (AvgIpc) is 2.90. The average molecular weight is 517 g/mol. The van der Waals surface area contributed by atoms with Crippen LogP contribution in [-0.4, -0.2) is 34.7 Å². The molecule has 0 atom stereocenters. The van der Waals surface area contributed by atoms with Crippen molar-refractivity contribution in [3.05, 3.63) is 141 Å². The SMILES string of the molecule is O=C(c1cccc(Cl)c1)N(CCN(Cc1ccccc1)C(=O)c1cccc(Cl)c1)Cc1ccccc1. The summed E-state index contributed by atoms with van der Waals surface area (Å²) in [5, 5.41) is 1.00. The van der Waals surface area contributed by atoms with Crippen molar-refractivity contribution >= 4 is 35.0 Å². The standard InChI is InChI=1S/C30H26Cl2N2O2/c31-27-15-7-13-25(19-27)29(35)33(21-23-9-3-1-4-10-23)17-18-34(22-24-11-5-2-6-12-24)30(36)26-14-8-16-28(32)20-26/h1-16,19-20H,17-18,21-22H2. The highest BCUT2D eigenvalue weighted by molar-refractivity contribution is 6.31. The van der Waals surface area contributed by atoms with E-state index in [9.17, 15) is 9.59 Å². The second kappa shape index (κ2) is 12.4. The van der Waals surface area contributed by atoms with Crippen LogP contribution >= 0.6 is 23.2 Å². The first-order valence-electron chi connectivity index (χ1n) is 11.7. The molecule has 0 N–H and O–H groups in total. The lowest BCUT2D eigenvalue weighted by Gasteiger charge is -2.29. The van der Waals surface area contributed by atoms with E-state index in [4.69, 9.17) is 23.2 Å². The van der Waals surface area contributed by atoms with Crippen molar-refractivity contribution in [2.24, 2.45) is 0 Å². The van der Waals surface area contributed by atoms with E-state index in [0.717, 1.165) is 11.1 Å². The Labute approximate surface area is 221 Å². The van der Waals surface area contributed by atoms with Crippen LogP contribution in [-0.2, 0) is 13.1 Å². The zero-order valence-corrected chi connectivity index (χ0v) is 21.2. The summed E-state index contributed by atoms with van der Waals surface area (Å²) in [5.74, 6) is -0.285. The van der Waals surface area contributed by atoms with Gasteiger partial charge in [0.15, 0.2) is 0 Å². The Morgan fingerprint density at radius 1 is 0.528 bits per heavy atom. The molecule has 0 aliphatic heterocycles. The zero-order chi connectivity index (χ0) is 25.3. The molecular formula is C30H26Cl2N2O2. The third-order valence-electron chi connectivity index (χ3n) is 5.79. The molecule has 0 fully saturated rings. The summed E-state index contributed by atoms with van der Waals surface area (Å²) in [7, 11) is 0. The van der Waals surface area contributed by atoms with Crippen molar-refractivity contribution in [3.8, 4) is 0 Å². The number of rotatable bonds is 9. The minimum atomic E-state index is -0.142. The Bertz CT molecular complexity index is 1210. The normalized spacial score (nSPS) is 10.6. The summed E-state index contributed by atoms with van der Waals surface area (Å²) in [6, 6.07) is 33.5. The van der Waals surface area contributed by atoms with E-state index in [0.29, 0.717) is 47.4 Å². The van der Waals surface area contributed by atoms with E-state index in [2.05, 4.69) is 0 Å². The van der Waals surface area contributed by atoms with Gasteiger partial charge >= 0.3 is 0 Å². The first-order valence-corrected chi connectivity index (χ1v) is 12.4. The van der Waals surface area contributed by atoms with Crippen LogP contribution in [0.15, 0.2) is 109 Å². The molecule has 0 saturated heterocycles. The van der Waals surface area contributed by atoms with Crippen LogP contribution in [0.2, 0.25) is 10.0 Å². The molecule has 4 aromatic carbocycles. The molecule has 0 aromatic heterocycles. The van der Waals surface area contributed by atoms with Crippen LogP contribution in [0.4, 0.5) is 0 Å². The van der Waals surface area contributed by atoms with Crippen LogP contribution in [0.5, 0.6) is 0 Å². The Kier molecular flexibility index (Phi) is 8.77. The van der Waals surface area contributed by atoms with E-state index in [-0.39, 0.29) is 11.8 Å². The van der Waals surface area contributed by atoms with Crippen LogP contribution in [0.25, 0.3) is 0 Å². The zero-order valence-electron chi connectivity index (χ0n) is 19.7. The van der Waals surface area contributed by atoms with E-state index in [1.807, 2.05) is 60.7 Å². The molecule has 4 nitrogen and oxygen atoms in total. The van der Waals surface area contributed by atoms with Crippen molar-refractivity contribution < 1.29 is 9.59 Å². The van der Waals surface area contributed by atoms with Gasteiger partial charge in [-0.15, -0.1) is 0 Å². The molecule has 0 saturated carbocycles. The van der Waals surface area contributed by atoms with Gasteiger partial charge in [0.05, 0.1) is 0 Å². The van der Waals surface area contributed by atoms with Gasteiger partial charge in [0.1, 0.15) is 0 Å². The molecule has 0 aliphatic carbocycles. The highest BCUT2D eigenvalue weighted by Gasteiger charge is 2.21. The first kappa shape index (κ1) is 25.5. The van der Waals surface area contributed by atoms with E-state index >= 15 is 0 Å². The van der Waals surface area contributed by atoms with Crippen LogP contribution < -0.4 is 0 Å². The fourth-order valence-corrected chi connectivity index (χ4v) is 4.34. The first-order chi connectivity index (χ1) is 17.5. The fourth-order valence-electron chi connectivity index (χ4n) is 3.96. The summed E-state index contributed by atoms with van der Waals surface area (Å²) < 4.78 is 0. The second-order valence-corrected chi connectivity index (χ2v) is 9.32. The Morgan fingerprint density at radius 2 is 0.917 bits per heavy atom. The molecule has 0 unspecified atom stereocenters. The Balaban J connectivity index is 1.59. The lowest BCUT2D eigenvalue weighted by atomic mass is 10.1. The number of hydrogen-bond donors (Lipinski definition) is 0. The van der Waals surface area contributed by atoms with Gasteiger partial charge in [-0.2, -0.15) is 0 Å². The van der Waals surface area contributed by atoms with Gasteiger partial charge in [-0.3, -0.25) is 9.59 Å². The van der Waals surface area contributed by atoms with E-state index < -0.39 is 0 Å². The molecule has 0 radical (unpaired) electrons. The monoisotopic (exact) mass is 516 g/mol. The summed E-state index contributed by atoms with van der Waals surface area (Å²) in [4.78, 5) is 30.5. The van der Waals surface area contributed by atoms with Gasteiger partial charge in [0, 0.05) is 47.4 Å². The highest BCUT2D eigenvalue weighted by Crippen LogP contribution is 2.18. The third kappa shape index (κ3) is 6.97. The minimum absolute atomic E-state index is 0.142. The van der Waals surface area contributed by atoms with Gasteiger partial charge < -0.3 is 9.80 Å². The molecule has 2 amide bonds. The van der Waals surface area contributed by atoms with Crippen LogP contribution in [0.3, 0.4) is 0 Å². The molecule has 0 bridgehead atoms. The molecule has 0 heterocycles. The summed E-state index contributed by atoms with van der Waals surface area (Å²) in [6.07, 6.45) is 0. The maximum absolute atomic E-state index is 13.5. The molecule has 0 aliphatic rings. The maximum Gasteiger partial charge on any atom is 0.254 e. The smallest absolute Gasteiger partial charge is 0.254 e. The minimum Gasteiger partial charge on any atom is -0.333 e. The van der Waals surface area contributed by atoms with E-state index in [1.165, 1.54) is 0 Å². The van der Waals surface area contributed by atoms with Gasteiger partial charge in [0.2, 0.25) is 0 Å². The molecule has 4 rings (SSSR count). The predicted molar refractivity (Wildman–Crippen MR) is 145 cm³/mol. The van der Waals surface area contributed by atoms with Crippen molar-refractivity contribution in [3.63, 3.8) is 0 Å². The molecule has 4 aromatic rings. The molecular weight excluding hydrogens is 491 g/mol. The van der Waals surface area contributed by atoms with Crippen LogP contribution in [0, 0.1) is 0 Å². The summed E-state index contributed by atoms with van der Waals surface area (Å²) >= 11 is 12.3. The van der Waals surface area contributed by atoms with Gasteiger partial charge in [0.25, 0.3) is 11.8 Å². The third-order valence-corrected chi connectivity index (χ3v) is 6.26. The second-order valence-electron chi connectivity index (χ2n) is 8.45. The molecule has 6 heteroatoms. The Morgan fingerprint density at radius 3 is 1.28 bits per heavy atom. The van der Waals surface area contributed by atoms with Crippen molar-refractivity contribution in [2.45, 2.75) is 13.1 Å². The maximum atomic E-state index is 13.5. The molecule has 0 spiro atoms. The van der Waals surface area contributed by atoms with E-state index in [1.54, 1.807) is 58.3 Å². The lowest BCUT2D eigenvalue weighted by Crippen LogP contribution is -2.40. The fraction of sp³-hybridized carbons (Fsp3) is 0.133. The number of halogens is 2. The summed E-state index contributed by atoms with van der Waals surface area (Å²) in [6.45, 7) is 1.52. The summed E-state index contributed by atoms with van der Waals surface area (Å²) in [5.41, 5.74) is 3.02. The number of carbonyl (C=O) groups is 2. The lowest BCUT2D eigenvalue weighted by molar-refractivity contribution is 0.0644. The molecule has 36 heavy (non-hydrogen) atoms. The quantitative estimate of drug-likeness (QED) is 0.240. The van der Waals surface area contributed by atoms with Crippen molar-refractivity contribution in [1.29, 1.82) is 0 Å². The van der Waals surface area contributed by atoms with Crippen molar-refractivity contribution in [2.75, 3.05) is 13.1 Å². The number of nitrogens with zero attached hydrogens (tertiary/aromatic N) is 2. The Hall–Kier alpha value is -3.60. The van der Waals surface area contributed by atoms with Gasteiger partial charge in [-0.25, -0.2) is 0 Å². The number of amides is 2. The van der Waals surface area contributed by atoms with Gasteiger partial charge in [-0.1, -0.05) is 96.0 Å². The number of hydrogen-bond acceptors (Lipinski definition) is 2. The van der Waals surface area contributed by atoms with Gasteiger partial charge in [-0.05, 0) is 47.5 Å². The predicted octanol–water partition coefficient (Wildman–Crippen LogP) is 6.98. The van der Waals surface area contributed by atoms with Crippen LogP contribution in [0.1, 0.15) is 31.8 Å². The highest BCUT2D eigenvalue weighted by atomic mass is 35.5. The number of benzene rings is 4. The largest absolute Gasteiger partial charge is 0.333 e. The molecule has 182 valence electrons. The number of carbonyl (C=O) groups excluding carboxylic acids is 2.